The van der Waals surface area contributed by atoms with Gasteiger partial charge in [0.25, 0.3) is 0 Å². The molecule has 1 heterocycles. The van der Waals surface area contributed by atoms with Gasteiger partial charge in [-0.1, -0.05) is 19.1 Å². The molecular formula is C16H20F2O8S. The lowest BCUT2D eigenvalue weighted by Gasteiger charge is -2.37. The van der Waals surface area contributed by atoms with E-state index < -0.39 is 45.8 Å². The first-order chi connectivity index (χ1) is 12.4. The lowest BCUT2D eigenvalue weighted by Crippen LogP contribution is -2.45. The van der Waals surface area contributed by atoms with E-state index in [4.69, 9.17) is 14.0 Å². The van der Waals surface area contributed by atoms with Gasteiger partial charge in [0.05, 0.1) is 25.0 Å². The maximum Gasteiger partial charge on any atom is 0.402 e. The van der Waals surface area contributed by atoms with Gasteiger partial charge in [0, 0.05) is 5.41 Å². The van der Waals surface area contributed by atoms with Crippen LogP contribution in [-0.4, -0.2) is 56.6 Å². The van der Waals surface area contributed by atoms with Crippen molar-refractivity contribution in [2.75, 3.05) is 26.4 Å². The minimum atomic E-state index is -5.71. The molecule has 4 unspecified atom stereocenters. The topological polar surface area (TPSA) is 116 Å². The number of hydrogen-bond acceptors (Lipinski definition) is 7. The summed E-state index contributed by atoms with van der Waals surface area (Å²) in [5.74, 6) is -4.29. The molecule has 0 radical (unpaired) electrons. The maximum absolute atomic E-state index is 13.3. The molecule has 2 aliphatic carbocycles. The fourth-order valence-electron chi connectivity index (χ4n) is 3.67. The molecule has 1 saturated heterocycles. The number of carbonyl (C=O) groups excluding carboxylic acids is 2. The van der Waals surface area contributed by atoms with Crippen molar-refractivity contribution in [3.8, 4) is 0 Å². The molecule has 4 atom stereocenters. The Balaban J connectivity index is 1.64. The van der Waals surface area contributed by atoms with E-state index in [0.717, 1.165) is 0 Å². The van der Waals surface area contributed by atoms with E-state index in [0.29, 0.717) is 19.6 Å². The molecule has 2 fully saturated rings. The van der Waals surface area contributed by atoms with Crippen LogP contribution >= 0.6 is 0 Å². The van der Waals surface area contributed by atoms with E-state index in [2.05, 4.69) is 4.74 Å². The second-order valence-electron chi connectivity index (χ2n) is 7.63. The zero-order chi connectivity index (χ0) is 20.0. The largest absolute Gasteiger partial charge is 0.465 e. The Morgan fingerprint density at radius 2 is 1.70 bits per heavy atom. The minimum Gasteiger partial charge on any atom is -0.465 e. The number of ether oxygens (including phenoxy) is 3. The first kappa shape index (κ1) is 20.2. The summed E-state index contributed by atoms with van der Waals surface area (Å²) in [5.41, 5.74) is -0.281. The van der Waals surface area contributed by atoms with Crippen LogP contribution in [0, 0.1) is 29.1 Å². The molecule has 0 aromatic heterocycles. The summed E-state index contributed by atoms with van der Waals surface area (Å²) in [5, 5.41) is -4.62. The van der Waals surface area contributed by atoms with Crippen molar-refractivity contribution < 1.29 is 45.6 Å². The zero-order valence-corrected chi connectivity index (χ0v) is 15.3. The fourth-order valence-corrected chi connectivity index (χ4v) is 3.87. The number of carbonyl (C=O) groups is 2. The number of esters is 2. The Bertz CT molecular complexity index is 758. The highest BCUT2D eigenvalue weighted by Crippen LogP contribution is 2.49. The van der Waals surface area contributed by atoms with Gasteiger partial charge in [0.1, 0.15) is 6.61 Å². The third kappa shape index (κ3) is 3.85. The molecule has 11 heteroatoms. The van der Waals surface area contributed by atoms with Crippen molar-refractivity contribution in [1.82, 2.24) is 0 Å². The molecule has 0 amide bonds. The third-order valence-electron chi connectivity index (χ3n) is 5.23. The minimum absolute atomic E-state index is 0.117. The summed E-state index contributed by atoms with van der Waals surface area (Å²) >= 11 is 0. The van der Waals surface area contributed by atoms with Gasteiger partial charge in [0.2, 0.25) is 0 Å². The van der Waals surface area contributed by atoms with Gasteiger partial charge in [-0.3, -0.25) is 14.1 Å². The van der Waals surface area contributed by atoms with E-state index >= 15 is 0 Å². The number of fused-ring (bicyclic) bond motifs is 2. The van der Waals surface area contributed by atoms with Crippen LogP contribution in [0.3, 0.4) is 0 Å². The van der Waals surface area contributed by atoms with Gasteiger partial charge in [-0.15, -0.1) is 0 Å². The molecule has 3 aliphatic rings. The molecule has 0 spiro atoms. The van der Waals surface area contributed by atoms with Gasteiger partial charge in [-0.2, -0.15) is 17.2 Å². The van der Waals surface area contributed by atoms with Crippen LogP contribution in [0.25, 0.3) is 0 Å². The first-order valence-corrected chi connectivity index (χ1v) is 9.82. The Kier molecular flexibility index (Phi) is 5.06. The van der Waals surface area contributed by atoms with Crippen molar-refractivity contribution in [2.45, 2.75) is 18.6 Å². The van der Waals surface area contributed by atoms with Crippen LogP contribution in [0.1, 0.15) is 13.3 Å². The van der Waals surface area contributed by atoms with E-state index in [1.165, 1.54) is 0 Å². The summed E-state index contributed by atoms with van der Waals surface area (Å²) in [6.45, 7) is 1.08. The van der Waals surface area contributed by atoms with Gasteiger partial charge in [-0.05, 0) is 18.3 Å². The lowest BCUT2D eigenvalue weighted by atomic mass is 9.83. The van der Waals surface area contributed by atoms with Crippen LogP contribution in [0.4, 0.5) is 8.78 Å². The van der Waals surface area contributed by atoms with Crippen molar-refractivity contribution in [3.05, 3.63) is 12.2 Å². The SMILES string of the molecule is CC1(COC(=O)C2C3C=CC(C3)C2C(=O)OCC(F)(F)S(=O)(=O)O)COC1. The number of alkyl halides is 2. The number of rotatable bonds is 7. The Morgan fingerprint density at radius 3 is 2.15 bits per heavy atom. The third-order valence-corrected chi connectivity index (χ3v) is 6.10. The van der Waals surface area contributed by atoms with E-state index in [1.807, 2.05) is 6.92 Å². The molecule has 1 aliphatic heterocycles. The van der Waals surface area contributed by atoms with E-state index in [1.54, 1.807) is 12.2 Å². The van der Waals surface area contributed by atoms with Crippen molar-refractivity contribution >= 4 is 22.1 Å². The molecular weight excluding hydrogens is 390 g/mol. The average molecular weight is 410 g/mol. The predicted octanol–water partition coefficient (Wildman–Crippen LogP) is 1.03. The van der Waals surface area contributed by atoms with Crippen molar-refractivity contribution in [1.29, 1.82) is 0 Å². The van der Waals surface area contributed by atoms with Crippen LogP contribution in [0.5, 0.6) is 0 Å². The highest BCUT2D eigenvalue weighted by Gasteiger charge is 2.54. The fraction of sp³-hybridized carbons (Fsp3) is 0.750. The highest BCUT2D eigenvalue weighted by atomic mass is 32.2. The Labute approximate surface area is 154 Å². The number of halogens is 2. The molecule has 0 aromatic carbocycles. The summed E-state index contributed by atoms with van der Waals surface area (Å²) in [7, 11) is -5.71. The molecule has 152 valence electrons. The summed E-state index contributed by atoms with van der Waals surface area (Å²) < 4.78 is 71.1. The lowest BCUT2D eigenvalue weighted by molar-refractivity contribution is -0.175. The van der Waals surface area contributed by atoms with Gasteiger partial charge >= 0.3 is 27.3 Å². The molecule has 0 aromatic rings. The van der Waals surface area contributed by atoms with Gasteiger partial charge in [-0.25, -0.2) is 0 Å². The Hall–Kier alpha value is -1.59. The predicted molar refractivity (Wildman–Crippen MR) is 85.1 cm³/mol. The molecule has 2 bridgehead atoms. The normalized spacial score (nSPS) is 31.4. The van der Waals surface area contributed by atoms with Crippen LogP contribution < -0.4 is 0 Å². The maximum atomic E-state index is 13.3. The quantitative estimate of drug-likeness (QED) is 0.376. The smallest absolute Gasteiger partial charge is 0.402 e. The van der Waals surface area contributed by atoms with Gasteiger partial charge < -0.3 is 14.2 Å². The Morgan fingerprint density at radius 1 is 1.19 bits per heavy atom. The first-order valence-electron chi connectivity index (χ1n) is 8.38. The second kappa shape index (κ2) is 6.78. The van der Waals surface area contributed by atoms with Crippen molar-refractivity contribution in [3.63, 3.8) is 0 Å². The molecule has 27 heavy (non-hydrogen) atoms. The second-order valence-corrected chi connectivity index (χ2v) is 9.18. The van der Waals surface area contributed by atoms with Crippen molar-refractivity contribution in [2.24, 2.45) is 29.1 Å². The standard InChI is InChI=1S/C16H20F2O8S/c1-15(5-24-6-15)7-25-13(19)11-9-2-3-10(4-9)12(11)14(20)26-8-16(17,18)27(21,22)23/h2-3,9-12H,4-8H2,1H3,(H,21,22,23). The molecule has 1 N–H and O–H groups in total. The number of hydrogen-bond donors (Lipinski definition) is 1. The zero-order valence-electron chi connectivity index (χ0n) is 14.5. The molecule has 8 nitrogen and oxygen atoms in total. The average Bonchev–Trinajstić information content (AvgIpc) is 3.15. The van der Waals surface area contributed by atoms with Crippen LogP contribution in [0.15, 0.2) is 12.2 Å². The van der Waals surface area contributed by atoms with Gasteiger partial charge in [0.15, 0.2) is 6.61 Å². The monoisotopic (exact) mass is 410 g/mol. The number of allylic oxidation sites excluding steroid dienone is 2. The summed E-state index contributed by atoms with van der Waals surface area (Å²) in [4.78, 5) is 24.8. The summed E-state index contributed by atoms with van der Waals surface area (Å²) in [6.07, 6.45) is 3.97. The van der Waals surface area contributed by atoms with Crippen LogP contribution in [-0.2, 0) is 33.9 Å². The molecule has 3 rings (SSSR count). The highest BCUT2D eigenvalue weighted by molar-refractivity contribution is 7.86. The van der Waals surface area contributed by atoms with E-state index in [-0.39, 0.29) is 23.9 Å². The van der Waals surface area contributed by atoms with Crippen LogP contribution in [0.2, 0.25) is 0 Å². The summed E-state index contributed by atoms with van der Waals surface area (Å²) in [6, 6.07) is 0. The molecule has 1 saturated carbocycles. The van der Waals surface area contributed by atoms with E-state index in [9.17, 15) is 26.8 Å².